The molecular formula is C12H17N5O3. The van der Waals surface area contributed by atoms with Gasteiger partial charge in [0.05, 0.1) is 12.2 Å². The molecule has 0 bridgehead atoms. The second kappa shape index (κ2) is 4.55. The third kappa shape index (κ3) is 1.87. The quantitative estimate of drug-likeness (QED) is 0.774. The fourth-order valence-corrected chi connectivity index (χ4v) is 2.66. The van der Waals surface area contributed by atoms with Crippen molar-refractivity contribution >= 4 is 11.9 Å². The zero-order valence-corrected chi connectivity index (χ0v) is 11.2. The lowest BCUT2D eigenvalue weighted by atomic mass is 9.99. The summed E-state index contributed by atoms with van der Waals surface area (Å²) in [6.07, 6.45) is 2.76. The van der Waals surface area contributed by atoms with Crippen molar-refractivity contribution in [3.63, 3.8) is 0 Å². The van der Waals surface area contributed by atoms with Crippen LogP contribution in [0, 0.1) is 0 Å². The van der Waals surface area contributed by atoms with Crippen LogP contribution in [0.15, 0.2) is 6.20 Å². The van der Waals surface area contributed by atoms with Gasteiger partial charge in [-0.2, -0.15) is 0 Å². The van der Waals surface area contributed by atoms with E-state index in [-0.39, 0.29) is 17.6 Å². The molecule has 0 aliphatic carbocycles. The number of amides is 1. The lowest BCUT2D eigenvalue weighted by molar-refractivity contribution is -0.147. The third-order valence-corrected chi connectivity index (χ3v) is 4.21. The van der Waals surface area contributed by atoms with Crippen molar-refractivity contribution in [2.24, 2.45) is 0 Å². The second-order valence-corrected chi connectivity index (χ2v) is 5.54. The first-order valence-electron chi connectivity index (χ1n) is 6.70. The van der Waals surface area contributed by atoms with Crippen LogP contribution in [0.2, 0.25) is 0 Å². The van der Waals surface area contributed by atoms with Gasteiger partial charge < -0.3 is 15.3 Å². The van der Waals surface area contributed by atoms with E-state index in [0.717, 1.165) is 13.1 Å². The maximum absolute atomic E-state index is 12.4. The average molecular weight is 279 g/mol. The number of carboxylic acid groups (broad SMARTS) is 1. The molecule has 8 nitrogen and oxygen atoms in total. The molecule has 2 saturated heterocycles. The van der Waals surface area contributed by atoms with E-state index in [1.807, 2.05) is 0 Å². The molecule has 2 aliphatic rings. The minimum atomic E-state index is -1.14. The maximum Gasteiger partial charge on any atom is 0.329 e. The van der Waals surface area contributed by atoms with Crippen LogP contribution in [-0.4, -0.2) is 62.0 Å². The fraction of sp³-hybridized carbons (Fsp3) is 0.667. The van der Waals surface area contributed by atoms with Gasteiger partial charge >= 0.3 is 5.97 Å². The highest BCUT2D eigenvalue weighted by Gasteiger charge is 2.46. The van der Waals surface area contributed by atoms with E-state index in [0.29, 0.717) is 19.4 Å². The standard InChI is InChI=1S/C12H17N5O3/c1-12(11(19)20)3-2-4-16(12)10(18)9-7-17(15-14-9)8-5-13-6-8/h7-8,13H,2-6H2,1H3,(H,19,20). The number of carbonyl (C=O) groups is 2. The first kappa shape index (κ1) is 13.0. The van der Waals surface area contributed by atoms with Crippen LogP contribution in [0.5, 0.6) is 0 Å². The van der Waals surface area contributed by atoms with Crippen molar-refractivity contribution in [3.8, 4) is 0 Å². The molecule has 0 aromatic carbocycles. The van der Waals surface area contributed by atoms with Crippen molar-refractivity contribution in [1.82, 2.24) is 25.2 Å². The number of hydrogen-bond donors (Lipinski definition) is 2. The molecule has 3 heterocycles. The molecule has 1 unspecified atom stereocenters. The molecule has 0 radical (unpaired) electrons. The Balaban J connectivity index is 1.81. The van der Waals surface area contributed by atoms with Crippen LogP contribution in [0.4, 0.5) is 0 Å². The van der Waals surface area contributed by atoms with Crippen LogP contribution >= 0.6 is 0 Å². The molecule has 2 aliphatic heterocycles. The third-order valence-electron chi connectivity index (χ3n) is 4.21. The zero-order valence-electron chi connectivity index (χ0n) is 11.2. The largest absolute Gasteiger partial charge is 0.480 e. The van der Waals surface area contributed by atoms with Crippen molar-refractivity contribution < 1.29 is 14.7 Å². The monoisotopic (exact) mass is 279 g/mol. The zero-order chi connectivity index (χ0) is 14.3. The Morgan fingerprint density at radius 1 is 1.50 bits per heavy atom. The van der Waals surface area contributed by atoms with Crippen molar-refractivity contribution in [1.29, 1.82) is 0 Å². The molecule has 1 aromatic heterocycles. The number of rotatable bonds is 3. The van der Waals surface area contributed by atoms with Crippen LogP contribution < -0.4 is 5.32 Å². The van der Waals surface area contributed by atoms with Gasteiger partial charge in [-0.1, -0.05) is 5.21 Å². The average Bonchev–Trinajstić information content (AvgIpc) is 2.94. The van der Waals surface area contributed by atoms with Crippen LogP contribution in [0.25, 0.3) is 0 Å². The summed E-state index contributed by atoms with van der Waals surface area (Å²) in [5.74, 6) is -1.33. The Kier molecular flexibility index (Phi) is 2.97. The molecule has 2 N–H and O–H groups in total. The first-order valence-corrected chi connectivity index (χ1v) is 6.70. The molecule has 108 valence electrons. The van der Waals surface area contributed by atoms with Gasteiger partial charge in [-0.25, -0.2) is 9.48 Å². The predicted molar refractivity (Wildman–Crippen MR) is 68.2 cm³/mol. The van der Waals surface area contributed by atoms with E-state index >= 15 is 0 Å². The SMILES string of the molecule is CC1(C(=O)O)CCCN1C(=O)c1cn(C2CNC2)nn1. The van der Waals surface area contributed by atoms with Gasteiger partial charge in [-0.05, 0) is 19.8 Å². The summed E-state index contributed by atoms with van der Waals surface area (Å²) >= 11 is 0. The Morgan fingerprint density at radius 3 is 2.85 bits per heavy atom. The van der Waals surface area contributed by atoms with Crippen LogP contribution in [-0.2, 0) is 4.79 Å². The minimum absolute atomic E-state index is 0.214. The molecular weight excluding hydrogens is 262 g/mol. The first-order chi connectivity index (χ1) is 9.52. The summed E-state index contributed by atoms with van der Waals surface area (Å²) in [6.45, 7) is 3.65. The van der Waals surface area contributed by atoms with Crippen molar-refractivity contribution in [2.75, 3.05) is 19.6 Å². The predicted octanol–water partition coefficient (Wildman–Crippen LogP) is -0.498. The van der Waals surface area contributed by atoms with Crippen LogP contribution in [0.1, 0.15) is 36.3 Å². The molecule has 0 spiro atoms. The highest BCUT2D eigenvalue weighted by atomic mass is 16.4. The maximum atomic E-state index is 12.4. The lowest BCUT2D eigenvalue weighted by Gasteiger charge is -2.30. The summed E-state index contributed by atoms with van der Waals surface area (Å²) in [7, 11) is 0. The van der Waals surface area contributed by atoms with Gasteiger partial charge in [0.15, 0.2) is 5.69 Å². The molecule has 2 fully saturated rings. The number of carbonyl (C=O) groups excluding carboxylic acids is 1. The number of likely N-dealkylation sites (tertiary alicyclic amines) is 1. The molecule has 3 rings (SSSR count). The molecule has 8 heteroatoms. The van der Waals surface area contributed by atoms with Crippen molar-refractivity contribution in [2.45, 2.75) is 31.3 Å². The summed E-state index contributed by atoms with van der Waals surface area (Å²) in [4.78, 5) is 25.2. The van der Waals surface area contributed by atoms with Gasteiger partial charge in [0.1, 0.15) is 5.54 Å². The highest BCUT2D eigenvalue weighted by Crippen LogP contribution is 2.30. The Labute approximate surface area is 115 Å². The van der Waals surface area contributed by atoms with E-state index in [1.54, 1.807) is 17.8 Å². The number of carboxylic acids is 1. The van der Waals surface area contributed by atoms with E-state index < -0.39 is 11.5 Å². The number of nitrogens with one attached hydrogen (secondary N) is 1. The molecule has 1 aromatic rings. The summed E-state index contributed by atoms with van der Waals surface area (Å²) < 4.78 is 1.66. The number of aromatic nitrogens is 3. The summed E-state index contributed by atoms with van der Waals surface area (Å²) in [6, 6.07) is 0.230. The topological polar surface area (TPSA) is 100 Å². The molecule has 0 saturated carbocycles. The van der Waals surface area contributed by atoms with E-state index in [4.69, 9.17) is 0 Å². The van der Waals surface area contributed by atoms with Gasteiger partial charge in [-0.3, -0.25) is 4.79 Å². The molecule has 20 heavy (non-hydrogen) atoms. The molecule has 1 atom stereocenters. The van der Waals surface area contributed by atoms with E-state index in [2.05, 4.69) is 15.6 Å². The highest BCUT2D eigenvalue weighted by molar-refractivity contribution is 5.96. The number of aliphatic carboxylic acids is 1. The van der Waals surface area contributed by atoms with Gasteiger partial charge in [0, 0.05) is 19.6 Å². The van der Waals surface area contributed by atoms with E-state index in [9.17, 15) is 14.7 Å². The van der Waals surface area contributed by atoms with Gasteiger partial charge in [0.25, 0.3) is 5.91 Å². The number of nitrogens with zero attached hydrogens (tertiary/aromatic N) is 4. The van der Waals surface area contributed by atoms with E-state index in [1.165, 1.54) is 4.90 Å². The minimum Gasteiger partial charge on any atom is -0.480 e. The van der Waals surface area contributed by atoms with Gasteiger partial charge in [-0.15, -0.1) is 5.10 Å². The lowest BCUT2D eigenvalue weighted by Crippen LogP contribution is -2.50. The second-order valence-electron chi connectivity index (χ2n) is 5.54. The van der Waals surface area contributed by atoms with Crippen LogP contribution in [0.3, 0.4) is 0 Å². The van der Waals surface area contributed by atoms with Crippen molar-refractivity contribution in [3.05, 3.63) is 11.9 Å². The Bertz CT molecular complexity index is 553. The van der Waals surface area contributed by atoms with Gasteiger partial charge in [0.2, 0.25) is 0 Å². The molecule has 1 amide bonds. The summed E-state index contributed by atoms with van der Waals surface area (Å²) in [5, 5.41) is 20.3. The Morgan fingerprint density at radius 2 is 2.25 bits per heavy atom. The fourth-order valence-electron chi connectivity index (χ4n) is 2.66. The summed E-state index contributed by atoms with van der Waals surface area (Å²) in [5.41, 5.74) is -0.926. The Hall–Kier alpha value is -1.96. The normalized spacial score (nSPS) is 26.6. The number of hydrogen-bond acceptors (Lipinski definition) is 5. The smallest absolute Gasteiger partial charge is 0.329 e.